The first-order valence-corrected chi connectivity index (χ1v) is 5.12. The van der Waals surface area contributed by atoms with Crippen LogP contribution in [0.4, 0.5) is 0 Å². The second kappa shape index (κ2) is 3.71. The van der Waals surface area contributed by atoms with Crippen LogP contribution in [-0.2, 0) is 0 Å². The summed E-state index contributed by atoms with van der Waals surface area (Å²) in [5, 5.41) is 19.4. The summed E-state index contributed by atoms with van der Waals surface area (Å²) < 4.78 is 0. The first-order chi connectivity index (χ1) is 6.78. The molecule has 0 unspecified atom stereocenters. The molecule has 1 atom stereocenters. The summed E-state index contributed by atoms with van der Waals surface area (Å²) in [5.74, 6) is 0. The molecule has 2 nitrogen and oxygen atoms in total. The highest BCUT2D eigenvalue weighted by Gasteiger charge is 2.43. The van der Waals surface area contributed by atoms with E-state index in [1.807, 2.05) is 30.3 Å². The Bertz CT molecular complexity index is 285. The zero-order valence-electron chi connectivity index (χ0n) is 8.19. The number of hydrogen-bond donors (Lipinski definition) is 2. The van der Waals surface area contributed by atoms with E-state index in [-0.39, 0.29) is 12.0 Å². The van der Waals surface area contributed by atoms with E-state index in [9.17, 15) is 10.2 Å². The normalized spacial score (nSPS) is 21.3. The summed E-state index contributed by atoms with van der Waals surface area (Å²) in [6.45, 7) is 0.0864. The molecule has 0 aromatic heterocycles. The highest BCUT2D eigenvalue weighted by atomic mass is 16.3. The molecule has 2 heteroatoms. The maximum Gasteiger partial charge on any atom is 0.0868 e. The van der Waals surface area contributed by atoms with Gasteiger partial charge in [-0.2, -0.15) is 0 Å². The number of hydrogen-bond acceptors (Lipinski definition) is 2. The van der Waals surface area contributed by atoms with Crippen molar-refractivity contribution in [3.63, 3.8) is 0 Å². The van der Waals surface area contributed by atoms with Gasteiger partial charge in [-0.05, 0) is 18.4 Å². The van der Waals surface area contributed by atoms with Crippen molar-refractivity contribution in [2.45, 2.75) is 25.4 Å². The molecule has 0 radical (unpaired) electrons. The van der Waals surface area contributed by atoms with Crippen LogP contribution in [0.15, 0.2) is 30.3 Å². The monoisotopic (exact) mass is 192 g/mol. The lowest BCUT2D eigenvalue weighted by Crippen LogP contribution is -2.39. The largest absolute Gasteiger partial charge is 0.396 e. The maximum absolute atomic E-state index is 10.1. The van der Waals surface area contributed by atoms with Crippen LogP contribution in [0.5, 0.6) is 0 Å². The van der Waals surface area contributed by atoms with Gasteiger partial charge in [0.1, 0.15) is 0 Å². The fourth-order valence-electron chi connectivity index (χ4n) is 2.14. The van der Waals surface area contributed by atoms with E-state index in [2.05, 4.69) is 0 Å². The second-order valence-corrected chi connectivity index (χ2v) is 4.19. The van der Waals surface area contributed by atoms with Crippen molar-refractivity contribution in [3.05, 3.63) is 35.9 Å². The SMILES string of the molecule is OCC1([C@H](O)c2ccccc2)CCC1. The molecule has 1 aromatic rings. The summed E-state index contributed by atoms with van der Waals surface area (Å²) in [4.78, 5) is 0. The molecule has 2 N–H and O–H groups in total. The molecule has 0 aliphatic heterocycles. The van der Waals surface area contributed by atoms with Gasteiger partial charge >= 0.3 is 0 Å². The minimum Gasteiger partial charge on any atom is -0.396 e. The van der Waals surface area contributed by atoms with Crippen molar-refractivity contribution >= 4 is 0 Å². The summed E-state index contributed by atoms with van der Waals surface area (Å²) in [5.41, 5.74) is 0.655. The van der Waals surface area contributed by atoms with Gasteiger partial charge in [-0.25, -0.2) is 0 Å². The van der Waals surface area contributed by atoms with Gasteiger partial charge in [0.15, 0.2) is 0 Å². The Hall–Kier alpha value is -0.860. The Morgan fingerprint density at radius 3 is 2.29 bits per heavy atom. The molecule has 1 aromatic carbocycles. The van der Waals surface area contributed by atoms with Crippen LogP contribution >= 0.6 is 0 Å². The van der Waals surface area contributed by atoms with Crippen molar-refractivity contribution < 1.29 is 10.2 Å². The molecule has 76 valence electrons. The van der Waals surface area contributed by atoms with Crippen molar-refractivity contribution in [1.82, 2.24) is 0 Å². The summed E-state index contributed by atoms with van der Waals surface area (Å²) in [6.07, 6.45) is 2.46. The lowest BCUT2D eigenvalue weighted by Gasteiger charge is -2.44. The molecule has 1 aliphatic rings. The third kappa shape index (κ3) is 1.45. The molecule has 14 heavy (non-hydrogen) atoms. The van der Waals surface area contributed by atoms with Gasteiger partial charge in [-0.15, -0.1) is 0 Å². The molecule has 0 saturated heterocycles. The molecule has 0 spiro atoms. The van der Waals surface area contributed by atoms with E-state index in [4.69, 9.17) is 0 Å². The van der Waals surface area contributed by atoms with Gasteiger partial charge in [0.25, 0.3) is 0 Å². The summed E-state index contributed by atoms with van der Waals surface area (Å²) in [7, 11) is 0. The van der Waals surface area contributed by atoms with Crippen LogP contribution in [-0.4, -0.2) is 16.8 Å². The van der Waals surface area contributed by atoms with Gasteiger partial charge in [0, 0.05) is 5.41 Å². The van der Waals surface area contributed by atoms with Gasteiger partial charge in [0.2, 0.25) is 0 Å². The molecular formula is C12H16O2. The molecule has 1 aliphatic carbocycles. The van der Waals surface area contributed by atoms with Crippen LogP contribution in [0, 0.1) is 5.41 Å². The van der Waals surface area contributed by atoms with E-state index in [1.165, 1.54) is 0 Å². The van der Waals surface area contributed by atoms with Gasteiger partial charge in [0.05, 0.1) is 12.7 Å². The van der Waals surface area contributed by atoms with E-state index in [1.54, 1.807) is 0 Å². The maximum atomic E-state index is 10.1. The third-order valence-electron chi connectivity index (χ3n) is 3.36. The number of benzene rings is 1. The molecular weight excluding hydrogens is 176 g/mol. The van der Waals surface area contributed by atoms with E-state index < -0.39 is 6.10 Å². The summed E-state index contributed by atoms with van der Waals surface area (Å²) >= 11 is 0. The van der Waals surface area contributed by atoms with Crippen molar-refractivity contribution in [3.8, 4) is 0 Å². The molecule has 0 heterocycles. The number of rotatable bonds is 3. The molecule has 1 fully saturated rings. The third-order valence-corrected chi connectivity index (χ3v) is 3.36. The van der Waals surface area contributed by atoms with Crippen LogP contribution in [0.25, 0.3) is 0 Å². The quantitative estimate of drug-likeness (QED) is 0.767. The van der Waals surface area contributed by atoms with Crippen molar-refractivity contribution in [2.24, 2.45) is 5.41 Å². The first kappa shape index (κ1) is 9.69. The Labute approximate surface area is 84.2 Å². The predicted molar refractivity (Wildman–Crippen MR) is 54.8 cm³/mol. The van der Waals surface area contributed by atoms with Crippen molar-refractivity contribution in [2.75, 3.05) is 6.61 Å². The first-order valence-electron chi connectivity index (χ1n) is 5.12. The topological polar surface area (TPSA) is 40.5 Å². The van der Waals surface area contributed by atoms with E-state index >= 15 is 0 Å². The predicted octanol–water partition coefficient (Wildman–Crippen LogP) is 1.88. The molecule has 2 rings (SSSR count). The van der Waals surface area contributed by atoms with Crippen molar-refractivity contribution in [1.29, 1.82) is 0 Å². The molecule has 0 amide bonds. The fourth-order valence-corrected chi connectivity index (χ4v) is 2.14. The Balaban J connectivity index is 2.19. The minimum absolute atomic E-state index is 0.0864. The highest BCUT2D eigenvalue weighted by molar-refractivity contribution is 5.20. The van der Waals surface area contributed by atoms with Crippen LogP contribution in [0.2, 0.25) is 0 Å². The summed E-state index contributed by atoms with van der Waals surface area (Å²) in [6, 6.07) is 9.61. The number of aliphatic hydroxyl groups excluding tert-OH is 2. The second-order valence-electron chi connectivity index (χ2n) is 4.19. The lowest BCUT2D eigenvalue weighted by molar-refractivity contribution is -0.0734. The Morgan fingerprint density at radius 2 is 1.86 bits per heavy atom. The standard InChI is InChI=1S/C12H16O2/c13-9-12(7-4-8-12)11(14)10-5-2-1-3-6-10/h1-3,5-6,11,13-14H,4,7-9H2/t11-/m1/s1. The minimum atomic E-state index is -0.512. The molecule has 0 bridgehead atoms. The Morgan fingerprint density at radius 1 is 1.21 bits per heavy atom. The zero-order chi connectivity index (χ0) is 10.0. The number of aliphatic hydroxyl groups is 2. The highest BCUT2D eigenvalue weighted by Crippen LogP contribution is 2.49. The molecule has 1 saturated carbocycles. The smallest absolute Gasteiger partial charge is 0.0868 e. The lowest BCUT2D eigenvalue weighted by atomic mass is 9.64. The van der Waals surface area contributed by atoms with E-state index in [0.29, 0.717) is 0 Å². The zero-order valence-corrected chi connectivity index (χ0v) is 8.19. The Kier molecular flexibility index (Phi) is 2.57. The van der Waals surface area contributed by atoms with Crippen LogP contribution < -0.4 is 0 Å². The van der Waals surface area contributed by atoms with Gasteiger partial charge in [-0.1, -0.05) is 36.8 Å². The van der Waals surface area contributed by atoms with Crippen LogP contribution in [0.3, 0.4) is 0 Å². The van der Waals surface area contributed by atoms with Gasteiger partial charge < -0.3 is 10.2 Å². The van der Waals surface area contributed by atoms with Gasteiger partial charge in [-0.3, -0.25) is 0 Å². The average molecular weight is 192 g/mol. The average Bonchev–Trinajstić information content (AvgIpc) is 2.18. The fraction of sp³-hybridized carbons (Fsp3) is 0.500. The van der Waals surface area contributed by atoms with E-state index in [0.717, 1.165) is 24.8 Å². The van der Waals surface area contributed by atoms with Crippen LogP contribution in [0.1, 0.15) is 30.9 Å².